The molecule has 0 atom stereocenters. The van der Waals surface area contributed by atoms with Gasteiger partial charge in [-0.15, -0.1) is 0 Å². The standard InChI is InChI=1S/C20H16N2O4S/c1-11-7-12(2)18-16(8-11)27-20(22-18)21-17(23)10-25-19(24)15-9-13-5-3-4-6-14(13)26-15/h3-9H,10H2,1-2H3,(H,21,22,23). The van der Waals surface area contributed by atoms with Crippen LogP contribution in [0.3, 0.4) is 0 Å². The number of ether oxygens (including phenoxy) is 1. The van der Waals surface area contributed by atoms with E-state index in [1.165, 1.54) is 11.3 Å². The van der Waals surface area contributed by atoms with Gasteiger partial charge in [-0.05, 0) is 43.2 Å². The minimum atomic E-state index is -0.683. The van der Waals surface area contributed by atoms with Crippen LogP contribution in [0.1, 0.15) is 21.7 Å². The number of carbonyl (C=O) groups excluding carboxylic acids is 2. The number of benzene rings is 2. The number of para-hydroxylation sites is 1. The largest absolute Gasteiger partial charge is 0.450 e. The molecule has 0 radical (unpaired) electrons. The van der Waals surface area contributed by atoms with Gasteiger partial charge in [0.05, 0.1) is 10.2 Å². The van der Waals surface area contributed by atoms with Crippen LogP contribution in [0.15, 0.2) is 46.9 Å². The van der Waals surface area contributed by atoms with Crippen molar-refractivity contribution in [2.24, 2.45) is 0 Å². The summed E-state index contributed by atoms with van der Waals surface area (Å²) in [5.74, 6) is -1.07. The number of nitrogens with one attached hydrogen (secondary N) is 1. The van der Waals surface area contributed by atoms with Crippen molar-refractivity contribution in [1.29, 1.82) is 0 Å². The molecule has 4 aromatic rings. The Morgan fingerprint density at radius 3 is 2.81 bits per heavy atom. The molecule has 0 aliphatic heterocycles. The summed E-state index contributed by atoms with van der Waals surface area (Å²) in [6.07, 6.45) is 0. The first kappa shape index (κ1) is 17.2. The van der Waals surface area contributed by atoms with Gasteiger partial charge in [0.2, 0.25) is 5.76 Å². The summed E-state index contributed by atoms with van der Waals surface area (Å²) in [5, 5.41) is 3.95. The first-order chi connectivity index (χ1) is 13.0. The van der Waals surface area contributed by atoms with Crippen molar-refractivity contribution >= 4 is 49.5 Å². The van der Waals surface area contributed by atoms with Gasteiger partial charge in [-0.2, -0.15) is 0 Å². The monoisotopic (exact) mass is 380 g/mol. The van der Waals surface area contributed by atoms with E-state index in [9.17, 15) is 9.59 Å². The molecule has 0 bridgehead atoms. The highest BCUT2D eigenvalue weighted by Gasteiger charge is 2.16. The van der Waals surface area contributed by atoms with Crippen LogP contribution >= 0.6 is 11.3 Å². The van der Waals surface area contributed by atoms with Crippen molar-refractivity contribution in [3.63, 3.8) is 0 Å². The first-order valence-electron chi connectivity index (χ1n) is 8.33. The number of furan rings is 1. The number of thiazole rings is 1. The summed E-state index contributed by atoms with van der Waals surface area (Å²) in [4.78, 5) is 28.6. The zero-order valence-corrected chi connectivity index (χ0v) is 15.6. The Morgan fingerprint density at radius 1 is 1.19 bits per heavy atom. The van der Waals surface area contributed by atoms with E-state index in [1.54, 1.807) is 12.1 Å². The second-order valence-corrected chi connectivity index (χ2v) is 7.25. The zero-order chi connectivity index (χ0) is 19.0. The van der Waals surface area contributed by atoms with Gasteiger partial charge in [0.1, 0.15) is 5.58 Å². The number of fused-ring (bicyclic) bond motifs is 2. The molecule has 0 unspecified atom stereocenters. The summed E-state index contributed by atoms with van der Waals surface area (Å²) < 4.78 is 11.5. The maximum Gasteiger partial charge on any atom is 0.374 e. The fourth-order valence-electron chi connectivity index (χ4n) is 2.86. The molecule has 6 nitrogen and oxygen atoms in total. The minimum Gasteiger partial charge on any atom is -0.450 e. The number of aromatic nitrogens is 1. The molecule has 2 aromatic heterocycles. The van der Waals surface area contributed by atoms with E-state index in [0.29, 0.717) is 10.7 Å². The third kappa shape index (κ3) is 3.54. The van der Waals surface area contributed by atoms with Gasteiger partial charge in [-0.1, -0.05) is 35.6 Å². The number of nitrogens with zero attached hydrogens (tertiary/aromatic N) is 1. The SMILES string of the molecule is Cc1cc(C)c2nc(NC(=O)COC(=O)c3cc4ccccc4o3)sc2c1. The van der Waals surface area contributed by atoms with Gasteiger partial charge in [0.15, 0.2) is 11.7 Å². The molecule has 2 heterocycles. The van der Waals surface area contributed by atoms with Crippen LogP contribution in [0.4, 0.5) is 5.13 Å². The molecule has 0 aliphatic rings. The predicted octanol–water partition coefficient (Wildman–Crippen LogP) is 4.45. The Hall–Kier alpha value is -3.19. The number of rotatable bonds is 4. The Labute approximate surface area is 158 Å². The van der Waals surface area contributed by atoms with E-state index in [1.807, 2.05) is 44.2 Å². The molecule has 2 aromatic carbocycles. The maximum absolute atomic E-state index is 12.1. The highest BCUT2D eigenvalue weighted by atomic mass is 32.1. The number of carbonyl (C=O) groups is 2. The minimum absolute atomic E-state index is 0.0649. The summed E-state index contributed by atoms with van der Waals surface area (Å²) >= 11 is 1.39. The third-order valence-corrected chi connectivity index (χ3v) is 4.96. The second-order valence-electron chi connectivity index (χ2n) is 6.22. The van der Waals surface area contributed by atoms with Crippen LogP contribution in [0.5, 0.6) is 0 Å². The number of hydrogen-bond acceptors (Lipinski definition) is 6. The van der Waals surface area contributed by atoms with Crippen molar-refractivity contribution in [1.82, 2.24) is 4.98 Å². The Kier molecular flexibility index (Phi) is 4.37. The molecule has 0 spiro atoms. The van der Waals surface area contributed by atoms with E-state index < -0.39 is 18.5 Å². The smallest absolute Gasteiger partial charge is 0.374 e. The molecule has 1 amide bonds. The van der Waals surface area contributed by atoms with Crippen molar-refractivity contribution in [3.8, 4) is 0 Å². The van der Waals surface area contributed by atoms with Crippen LogP contribution in [0.25, 0.3) is 21.2 Å². The van der Waals surface area contributed by atoms with E-state index in [-0.39, 0.29) is 5.76 Å². The molecular weight excluding hydrogens is 364 g/mol. The van der Waals surface area contributed by atoms with Crippen molar-refractivity contribution in [2.75, 3.05) is 11.9 Å². The van der Waals surface area contributed by atoms with Gasteiger partial charge < -0.3 is 9.15 Å². The first-order valence-corrected chi connectivity index (χ1v) is 9.14. The van der Waals surface area contributed by atoms with E-state index in [4.69, 9.17) is 9.15 Å². The highest BCUT2D eigenvalue weighted by molar-refractivity contribution is 7.22. The summed E-state index contributed by atoms with van der Waals surface area (Å²) in [6, 6.07) is 12.9. The lowest BCUT2D eigenvalue weighted by atomic mass is 10.1. The molecule has 1 N–H and O–H groups in total. The summed E-state index contributed by atoms with van der Waals surface area (Å²) in [5.41, 5.74) is 3.65. The van der Waals surface area contributed by atoms with Gasteiger partial charge in [-0.3, -0.25) is 10.1 Å². The molecule has 0 saturated carbocycles. The van der Waals surface area contributed by atoms with Crippen molar-refractivity contribution in [2.45, 2.75) is 13.8 Å². The quantitative estimate of drug-likeness (QED) is 0.529. The van der Waals surface area contributed by atoms with Crippen molar-refractivity contribution < 1.29 is 18.7 Å². The van der Waals surface area contributed by atoms with Crippen LogP contribution in [0.2, 0.25) is 0 Å². The molecule has 27 heavy (non-hydrogen) atoms. The fourth-order valence-corrected chi connectivity index (χ4v) is 3.92. The molecule has 0 fully saturated rings. The molecule has 4 rings (SSSR count). The van der Waals surface area contributed by atoms with Crippen LogP contribution in [-0.2, 0) is 9.53 Å². The average molecular weight is 380 g/mol. The van der Waals surface area contributed by atoms with E-state index >= 15 is 0 Å². The molecule has 0 saturated heterocycles. The van der Waals surface area contributed by atoms with Gasteiger partial charge >= 0.3 is 5.97 Å². The van der Waals surface area contributed by atoms with Crippen LogP contribution in [-0.4, -0.2) is 23.5 Å². The predicted molar refractivity (Wildman–Crippen MR) is 104 cm³/mol. The highest BCUT2D eigenvalue weighted by Crippen LogP contribution is 2.29. The number of esters is 1. The molecule has 136 valence electrons. The summed E-state index contributed by atoms with van der Waals surface area (Å²) in [6.45, 7) is 3.58. The van der Waals surface area contributed by atoms with Gasteiger partial charge in [0.25, 0.3) is 5.91 Å². The second kappa shape index (κ2) is 6.85. The lowest BCUT2D eigenvalue weighted by molar-refractivity contribution is -0.119. The topological polar surface area (TPSA) is 81.4 Å². The zero-order valence-electron chi connectivity index (χ0n) is 14.7. The lowest BCUT2D eigenvalue weighted by Gasteiger charge is -2.02. The normalized spacial score (nSPS) is 11.0. The fraction of sp³-hybridized carbons (Fsp3) is 0.150. The van der Waals surface area contributed by atoms with Gasteiger partial charge in [0, 0.05) is 5.39 Å². The number of anilines is 1. The Bertz CT molecular complexity index is 1140. The molecular formula is C20H16N2O4S. The third-order valence-electron chi connectivity index (χ3n) is 4.04. The Balaban J connectivity index is 1.40. The van der Waals surface area contributed by atoms with Crippen molar-refractivity contribution in [3.05, 3.63) is 59.4 Å². The van der Waals surface area contributed by atoms with Crippen LogP contribution < -0.4 is 5.32 Å². The average Bonchev–Trinajstić information content (AvgIpc) is 3.23. The number of aryl methyl sites for hydroxylation is 2. The van der Waals surface area contributed by atoms with Gasteiger partial charge in [-0.25, -0.2) is 9.78 Å². The Morgan fingerprint density at radius 2 is 2.00 bits per heavy atom. The van der Waals surface area contributed by atoms with E-state index in [0.717, 1.165) is 26.7 Å². The number of hydrogen-bond donors (Lipinski definition) is 1. The number of amides is 1. The molecule has 0 aliphatic carbocycles. The van der Waals surface area contributed by atoms with E-state index in [2.05, 4.69) is 10.3 Å². The van der Waals surface area contributed by atoms with Crippen LogP contribution in [0, 0.1) is 13.8 Å². The maximum atomic E-state index is 12.1. The molecule has 7 heteroatoms. The lowest BCUT2D eigenvalue weighted by Crippen LogP contribution is -2.20. The summed E-state index contributed by atoms with van der Waals surface area (Å²) in [7, 11) is 0.